The number of carbonyl (C=O) groups is 1. The predicted molar refractivity (Wildman–Crippen MR) is 89.9 cm³/mol. The van der Waals surface area contributed by atoms with Crippen LogP contribution in [0.15, 0.2) is 18.2 Å². The van der Waals surface area contributed by atoms with Crippen molar-refractivity contribution >= 4 is 11.6 Å². The second-order valence-corrected chi connectivity index (χ2v) is 8.35. The highest BCUT2D eigenvalue weighted by Gasteiger charge is 2.49. The molecule has 0 saturated heterocycles. The van der Waals surface area contributed by atoms with E-state index in [0.29, 0.717) is 6.42 Å². The Kier molecular flexibility index (Phi) is 3.64. The van der Waals surface area contributed by atoms with Crippen LogP contribution in [0.3, 0.4) is 0 Å². The van der Waals surface area contributed by atoms with Crippen molar-refractivity contribution in [3.63, 3.8) is 0 Å². The topological polar surface area (TPSA) is 44.1 Å². The van der Waals surface area contributed by atoms with E-state index in [9.17, 15) is 10.1 Å². The number of fused-ring (bicyclic) bond motifs is 1. The molecule has 1 amide bonds. The summed E-state index contributed by atoms with van der Waals surface area (Å²) in [5.74, 6) is 0.0804. The number of amides is 1. The lowest BCUT2D eigenvalue weighted by molar-refractivity contribution is -0.123. The fraction of sp³-hybridized carbons (Fsp3) is 0.579. The van der Waals surface area contributed by atoms with E-state index in [1.54, 1.807) is 4.90 Å². The second-order valence-electron chi connectivity index (χ2n) is 8.35. The first-order valence-corrected chi connectivity index (χ1v) is 7.77. The van der Waals surface area contributed by atoms with Gasteiger partial charge in [0.25, 0.3) is 0 Å². The van der Waals surface area contributed by atoms with Gasteiger partial charge < -0.3 is 4.90 Å². The molecule has 0 spiro atoms. The van der Waals surface area contributed by atoms with Gasteiger partial charge in [-0.3, -0.25) is 4.79 Å². The van der Waals surface area contributed by atoms with Gasteiger partial charge in [0.15, 0.2) is 0 Å². The van der Waals surface area contributed by atoms with Crippen LogP contribution >= 0.6 is 0 Å². The van der Waals surface area contributed by atoms with Gasteiger partial charge in [-0.1, -0.05) is 32.9 Å². The molecule has 3 heteroatoms. The average Bonchev–Trinajstić information content (AvgIpc) is 2.59. The zero-order valence-electron chi connectivity index (χ0n) is 14.7. The molecule has 1 aliphatic rings. The van der Waals surface area contributed by atoms with Crippen LogP contribution < -0.4 is 4.90 Å². The van der Waals surface area contributed by atoms with E-state index in [4.69, 9.17) is 0 Å². The number of nitrogens with zero attached hydrogens (tertiary/aromatic N) is 2. The van der Waals surface area contributed by atoms with Crippen molar-refractivity contribution in [2.24, 2.45) is 5.41 Å². The van der Waals surface area contributed by atoms with Crippen LogP contribution in [-0.4, -0.2) is 13.0 Å². The lowest BCUT2D eigenvalue weighted by Gasteiger charge is -2.30. The zero-order valence-corrected chi connectivity index (χ0v) is 14.7. The Morgan fingerprint density at radius 1 is 1.23 bits per heavy atom. The van der Waals surface area contributed by atoms with Gasteiger partial charge in [-0.2, -0.15) is 5.26 Å². The maximum absolute atomic E-state index is 12.9. The van der Waals surface area contributed by atoms with Crippen LogP contribution in [0.2, 0.25) is 0 Å². The molecule has 1 aliphatic heterocycles. The average molecular weight is 298 g/mol. The number of benzene rings is 1. The van der Waals surface area contributed by atoms with E-state index < -0.39 is 10.8 Å². The SMILES string of the molecule is CN1C(=O)C(C)(CC(C)(C)C#N)c2cc(C(C)(C)C)ccc21. The van der Waals surface area contributed by atoms with Crippen molar-refractivity contribution in [1.29, 1.82) is 5.26 Å². The number of rotatable bonds is 2. The largest absolute Gasteiger partial charge is 0.314 e. The first-order valence-electron chi connectivity index (χ1n) is 7.77. The van der Waals surface area contributed by atoms with E-state index in [-0.39, 0.29) is 11.3 Å². The molecule has 1 aromatic carbocycles. The van der Waals surface area contributed by atoms with E-state index in [1.807, 2.05) is 33.9 Å². The molecule has 1 aromatic rings. The van der Waals surface area contributed by atoms with Gasteiger partial charge in [0.05, 0.1) is 16.9 Å². The zero-order chi connectivity index (χ0) is 16.9. The fourth-order valence-corrected chi connectivity index (χ4v) is 3.43. The summed E-state index contributed by atoms with van der Waals surface area (Å²) in [5, 5.41) is 9.38. The number of nitriles is 1. The van der Waals surface area contributed by atoms with Crippen molar-refractivity contribution in [1.82, 2.24) is 0 Å². The number of likely N-dealkylation sites (N-methyl/N-ethyl adjacent to an activating group) is 1. The molecule has 0 aliphatic carbocycles. The molecule has 2 rings (SSSR count). The quantitative estimate of drug-likeness (QED) is 0.823. The Morgan fingerprint density at radius 2 is 1.82 bits per heavy atom. The number of hydrogen-bond donors (Lipinski definition) is 0. The molecule has 0 radical (unpaired) electrons. The van der Waals surface area contributed by atoms with Crippen molar-refractivity contribution in [2.45, 2.75) is 58.8 Å². The second kappa shape index (κ2) is 4.84. The number of hydrogen-bond acceptors (Lipinski definition) is 2. The van der Waals surface area contributed by atoms with Crippen LogP contribution in [0.4, 0.5) is 5.69 Å². The third-order valence-corrected chi connectivity index (χ3v) is 4.69. The summed E-state index contributed by atoms with van der Waals surface area (Å²) in [5.41, 5.74) is 2.10. The van der Waals surface area contributed by atoms with E-state index in [1.165, 1.54) is 5.56 Å². The first kappa shape index (κ1) is 16.5. The minimum absolute atomic E-state index is 0.0326. The standard InChI is InChI=1S/C19H26N2O/c1-17(2,3)13-8-9-15-14(10-13)19(6,16(22)21(15)7)11-18(4,5)12-20/h8-10H,11H2,1-7H3. The molecule has 0 aromatic heterocycles. The molecule has 1 unspecified atom stereocenters. The van der Waals surface area contributed by atoms with Gasteiger partial charge >= 0.3 is 0 Å². The summed E-state index contributed by atoms with van der Waals surface area (Å²) < 4.78 is 0. The Hall–Kier alpha value is -1.82. The Labute approximate surface area is 133 Å². The first-order chi connectivity index (χ1) is 9.92. The highest BCUT2D eigenvalue weighted by Crippen LogP contribution is 2.48. The highest BCUT2D eigenvalue weighted by atomic mass is 16.2. The summed E-state index contributed by atoms with van der Waals surface area (Å²) in [7, 11) is 1.82. The third kappa shape index (κ3) is 2.52. The van der Waals surface area contributed by atoms with Crippen molar-refractivity contribution < 1.29 is 4.79 Å². The van der Waals surface area contributed by atoms with E-state index in [0.717, 1.165) is 11.3 Å². The fourth-order valence-electron chi connectivity index (χ4n) is 3.43. The molecule has 3 nitrogen and oxygen atoms in total. The van der Waals surface area contributed by atoms with Gasteiger partial charge in [-0.25, -0.2) is 0 Å². The number of carbonyl (C=O) groups excluding carboxylic acids is 1. The van der Waals surface area contributed by atoms with Gasteiger partial charge in [0, 0.05) is 12.7 Å². The lowest BCUT2D eigenvalue weighted by Crippen LogP contribution is -2.39. The van der Waals surface area contributed by atoms with Crippen molar-refractivity contribution in [3.05, 3.63) is 29.3 Å². The maximum atomic E-state index is 12.9. The molecule has 1 atom stereocenters. The molecule has 0 fully saturated rings. The Balaban J connectivity index is 2.61. The Bertz CT molecular complexity index is 661. The van der Waals surface area contributed by atoms with Crippen LogP contribution in [0.5, 0.6) is 0 Å². The molecule has 1 heterocycles. The molecule has 118 valence electrons. The highest BCUT2D eigenvalue weighted by molar-refractivity contribution is 6.07. The summed E-state index contributed by atoms with van der Waals surface area (Å²) in [6, 6.07) is 8.63. The number of anilines is 1. The maximum Gasteiger partial charge on any atom is 0.237 e. The predicted octanol–water partition coefficient (Wildman–Crippen LogP) is 4.16. The van der Waals surface area contributed by atoms with Crippen LogP contribution in [-0.2, 0) is 15.6 Å². The van der Waals surface area contributed by atoms with Gasteiger partial charge in [-0.15, -0.1) is 0 Å². The molecule has 22 heavy (non-hydrogen) atoms. The summed E-state index contributed by atoms with van der Waals surface area (Å²) in [6.45, 7) is 12.3. The molecular formula is C19H26N2O. The third-order valence-electron chi connectivity index (χ3n) is 4.69. The molecule has 0 N–H and O–H groups in total. The van der Waals surface area contributed by atoms with E-state index >= 15 is 0 Å². The molecule has 0 bridgehead atoms. The van der Waals surface area contributed by atoms with Crippen LogP contribution in [0.1, 0.15) is 59.1 Å². The minimum Gasteiger partial charge on any atom is -0.314 e. The van der Waals surface area contributed by atoms with Gasteiger partial charge in [-0.05, 0) is 49.8 Å². The van der Waals surface area contributed by atoms with Crippen LogP contribution in [0, 0.1) is 16.7 Å². The van der Waals surface area contributed by atoms with Crippen molar-refractivity contribution in [2.75, 3.05) is 11.9 Å². The summed E-state index contributed by atoms with van der Waals surface area (Å²) in [6.07, 6.45) is 0.528. The lowest BCUT2D eigenvalue weighted by atomic mass is 9.70. The summed E-state index contributed by atoms with van der Waals surface area (Å²) >= 11 is 0. The normalized spacial score (nSPS) is 21.7. The minimum atomic E-state index is -0.634. The monoisotopic (exact) mass is 298 g/mol. The smallest absolute Gasteiger partial charge is 0.237 e. The summed E-state index contributed by atoms with van der Waals surface area (Å²) in [4.78, 5) is 14.6. The van der Waals surface area contributed by atoms with E-state index in [2.05, 4.69) is 39.0 Å². The Morgan fingerprint density at radius 3 is 2.32 bits per heavy atom. The molecular weight excluding hydrogens is 272 g/mol. The van der Waals surface area contributed by atoms with Gasteiger partial charge in [0.2, 0.25) is 5.91 Å². The van der Waals surface area contributed by atoms with Crippen molar-refractivity contribution in [3.8, 4) is 6.07 Å². The molecule has 0 saturated carbocycles. The van der Waals surface area contributed by atoms with Gasteiger partial charge in [0.1, 0.15) is 0 Å². The van der Waals surface area contributed by atoms with Crippen LogP contribution in [0.25, 0.3) is 0 Å².